The number of hydrogen-bond acceptors (Lipinski definition) is 2. The highest BCUT2D eigenvalue weighted by Gasteiger charge is 2.33. The molecular formula is C17H10ClF3N2. The molecule has 3 rings (SSSR count). The minimum Gasteiger partial charge on any atom is -0.228 e. The summed E-state index contributed by atoms with van der Waals surface area (Å²) in [5, 5.41) is 0.490. The SMILES string of the molecule is FC(F)(F)c1cc(-c2ccccc2)nc(-c2ccc(Cl)cc2)n1. The van der Waals surface area contributed by atoms with Crippen LogP contribution >= 0.6 is 11.6 Å². The molecule has 0 fully saturated rings. The molecule has 6 heteroatoms. The first-order valence-corrected chi connectivity index (χ1v) is 7.09. The van der Waals surface area contributed by atoms with E-state index in [4.69, 9.17) is 11.6 Å². The van der Waals surface area contributed by atoms with Crippen LogP contribution in [0.15, 0.2) is 60.7 Å². The summed E-state index contributed by atoms with van der Waals surface area (Å²) in [7, 11) is 0. The third-order valence-corrected chi connectivity index (χ3v) is 3.44. The minimum atomic E-state index is -4.55. The van der Waals surface area contributed by atoms with E-state index in [1.54, 1.807) is 54.6 Å². The van der Waals surface area contributed by atoms with E-state index in [1.807, 2.05) is 0 Å². The van der Waals surface area contributed by atoms with Gasteiger partial charge < -0.3 is 0 Å². The Labute approximate surface area is 135 Å². The maximum absolute atomic E-state index is 13.1. The molecule has 2 aromatic carbocycles. The molecule has 1 heterocycles. The Morgan fingerprint density at radius 3 is 2.04 bits per heavy atom. The monoisotopic (exact) mass is 334 g/mol. The summed E-state index contributed by atoms with van der Waals surface area (Å²) in [6.07, 6.45) is -4.55. The fraction of sp³-hybridized carbons (Fsp3) is 0.0588. The normalized spacial score (nSPS) is 11.5. The van der Waals surface area contributed by atoms with Crippen molar-refractivity contribution in [1.82, 2.24) is 9.97 Å². The lowest BCUT2D eigenvalue weighted by Crippen LogP contribution is -2.10. The largest absolute Gasteiger partial charge is 0.433 e. The smallest absolute Gasteiger partial charge is 0.228 e. The van der Waals surface area contributed by atoms with Crippen molar-refractivity contribution in [3.63, 3.8) is 0 Å². The highest BCUT2D eigenvalue weighted by Crippen LogP contribution is 2.32. The second-order valence-corrected chi connectivity index (χ2v) is 5.27. The molecule has 0 bridgehead atoms. The third kappa shape index (κ3) is 3.51. The lowest BCUT2D eigenvalue weighted by Gasteiger charge is -2.11. The Bertz CT molecular complexity index is 815. The molecular weight excluding hydrogens is 325 g/mol. The first-order chi connectivity index (χ1) is 10.9. The van der Waals surface area contributed by atoms with Crippen LogP contribution in [0.25, 0.3) is 22.6 Å². The van der Waals surface area contributed by atoms with Gasteiger partial charge in [-0.3, -0.25) is 0 Å². The van der Waals surface area contributed by atoms with E-state index in [9.17, 15) is 13.2 Å². The van der Waals surface area contributed by atoms with Crippen molar-refractivity contribution < 1.29 is 13.2 Å². The Morgan fingerprint density at radius 2 is 1.43 bits per heavy atom. The number of alkyl halides is 3. The van der Waals surface area contributed by atoms with Crippen molar-refractivity contribution in [1.29, 1.82) is 0 Å². The fourth-order valence-electron chi connectivity index (χ4n) is 2.08. The summed E-state index contributed by atoms with van der Waals surface area (Å²) in [4.78, 5) is 7.91. The van der Waals surface area contributed by atoms with Crippen LogP contribution in [-0.2, 0) is 6.18 Å². The molecule has 0 atom stereocenters. The van der Waals surface area contributed by atoms with Gasteiger partial charge in [0.2, 0.25) is 0 Å². The number of benzene rings is 2. The van der Waals surface area contributed by atoms with Crippen molar-refractivity contribution in [2.75, 3.05) is 0 Å². The van der Waals surface area contributed by atoms with Crippen molar-refractivity contribution in [2.24, 2.45) is 0 Å². The predicted molar refractivity (Wildman–Crippen MR) is 82.9 cm³/mol. The lowest BCUT2D eigenvalue weighted by atomic mass is 10.1. The van der Waals surface area contributed by atoms with Gasteiger partial charge in [0.15, 0.2) is 5.82 Å². The number of halogens is 4. The molecule has 1 aromatic heterocycles. The van der Waals surface area contributed by atoms with Crippen molar-refractivity contribution in [2.45, 2.75) is 6.18 Å². The van der Waals surface area contributed by atoms with Crippen molar-refractivity contribution in [3.8, 4) is 22.6 Å². The first kappa shape index (κ1) is 15.5. The summed E-state index contributed by atoms with van der Waals surface area (Å²) in [6, 6.07) is 16.0. The zero-order valence-corrected chi connectivity index (χ0v) is 12.4. The van der Waals surface area contributed by atoms with E-state index >= 15 is 0 Å². The van der Waals surface area contributed by atoms with Crippen LogP contribution in [-0.4, -0.2) is 9.97 Å². The Balaban J connectivity index is 2.18. The third-order valence-electron chi connectivity index (χ3n) is 3.19. The average molecular weight is 335 g/mol. The summed E-state index contributed by atoms with van der Waals surface area (Å²) in [5.74, 6) is 0.00958. The van der Waals surface area contributed by atoms with E-state index < -0.39 is 11.9 Å². The molecule has 2 nitrogen and oxygen atoms in total. The van der Waals surface area contributed by atoms with Gasteiger partial charge in [-0.15, -0.1) is 0 Å². The molecule has 0 aliphatic rings. The van der Waals surface area contributed by atoms with Crippen molar-refractivity contribution in [3.05, 3.63) is 71.4 Å². The van der Waals surface area contributed by atoms with Crippen LogP contribution < -0.4 is 0 Å². The van der Waals surface area contributed by atoms with Crippen LogP contribution in [0.3, 0.4) is 0 Å². The maximum atomic E-state index is 13.1. The standard InChI is InChI=1S/C17H10ClF3N2/c18-13-8-6-12(7-9-13)16-22-14(11-4-2-1-3-5-11)10-15(23-16)17(19,20)21/h1-10H. The van der Waals surface area contributed by atoms with Crippen LogP contribution in [0.1, 0.15) is 5.69 Å². The number of hydrogen-bond donors (Lipinski definition) is 0. The van der Waals surface area contributed by atoms with E-state index in [-0.39, 0.29) is 11.5 Å². The fourth-order valence-corrected chi connectivity index (χ4v) is 2.20. The second-order valence-electron chi connectivity index (χ2n) is 4.83. The zero-order chi connectivity index (χ0) is 16.4. The molecule has 0 aliphatic carbocycles. The molecule has 0 spiro atoms. The molecule has 0 saturated carbocycles. The van der Waals surface area contributed by atoms with Crippen molar-refractivity contribution >= 4 is 11.6 Å². The molecule has 0 aliphatic heterocycles. The lowest BCUT2D eigenvalue weighted by molar-refractivity contribution is -0.141. The van der Waals surface area contributed by atoms with Gasteiger partial charge in [-0.25, -0.2) is 9.97 Å². The molecule has 116 valence electrons. The van der Waals surface area contributed by atoms with Gasteiger partial charge in [-0.05, 0) is 30.3 Å². The topological polar surface area (TPSA) is 25.8 Å². The van der Waals surface area contributed by atoms with E-state index in [2.05, 4.69) is 9.97 Å². The van der Waals surface area contributed by atoms with Crippen LogP contribution in [0.5, 0.6) is 0 Å². The number of aromatic nitrogens is 2. The molecule has 23 heavy (non-hydrogen) atoms. The van der Waals surface area contributed by atoms with Gasteiger partial charge in [-0.2, -0.15) is 13.2 Å². The highest BCUT2D eigenvalue weighted by molar-refractivity contribution is 6.30. The quantitative estimate of drug-likeness (QED) is 0.620. The molecule has 0 unspecified atom stereocenters. The van der Waals surface area contributed by atoms with Gasteiger partial charge in [0.05, 0.1) is 5.69 Å². The molecule has 0 saturated heterocycles. The number of nitrogens with zero attached hydrogens (tertiary/aromatic N) is 2. The number of rotatable bonds is 2. The maximum Gasteiger partial charge on any atom is 0.433 e. The van der Waals surface area contributed by atoms with Gasteiger partial charge in [0.1, 0.15) is 5.69 Å². The van der Waals surface area contributed by atoms with Gasteiger partial charge in [0, 0.05) is 16.1 Å². The van der Waals surface area contributed by atoms with Gasteiger partial charge >= 0.3 is 6.18 Å². The van der Waals surface area contributed by atoms with Crippen LogP contribution in [0, 0.1) is 0 Å². The summed E-state index contributed by atoms with van der Waals surface area (Å²) >= 11 is 5.81. The Hall–Kier alpha value is -2.40. The van der Waals surface area contributed by atoms with E-state index in [0.717, 1.165) is 6.07 Å². The average Bonchev–Trinajstić information content (AvgIpc) is 2.55. The summed E-state index contributed by atoms with van der Waals surface area (Å²) in [6.45, 7) is 0. The minimum absolute atomic E-state index is 0.00958. The Kier molecular flexibility index (Phi) is 4.05. The molecule has 3 aromatic rings. The van der Waals surface area contributed by atoms with Gasteiger partial charge in [-0.1, -0.05) is 41.9 Å². The zero-order valence-electron chi connectivity index (χ0n) is 11.7. The highest BCUT2D eigenvalue weighted by atomic mass is 35.5. The predicted octanol–water partition coefficient (Wildman–Crippen LogP) is 5.48. The first-order valence-electron chi connectivity index (χ1n) is 6.71. The van der Waals surface area contributed by atoms with Crippen LogP contribution in [0.4, 0.5) is 13.2 Å². The van der Waals surface area contributed by atoms with E-state index in [1.165, 1.54) is 0 Å². The summed E-state index contributed by atoms with van der Waals surface area (Å²) < 4.78 is 39.4. The van der Waals surface area contributed by atoms with Crippen LogP contribution in [0.2, 0.25) is 5.02 Å². The summed E-state index contributed by atoms with van der Waals surface area (Å²) in [5.41, 5.74) is 0.308. The molecule has 0 amide bonds. The molecule has 0 N–H and O–H groups in total. The second kappa shape index (κ2) is 6.01. The van der Waals surface area contributed by atoms with E-state index in [0.29, 0.717) is 16.1 Å². The molecule has 0 radical (unpaired) electrons. The Morgan fingerprint density at radius 1 is 0.783 bits per heavy atom. The van der Waals surface area contributed by atoms with Gasteiger partial charge in [0.25, 0.3) is 0 Å².